The number of halogens is 1. The molecule has 1 N–H and O–H groups in total. The first-order chi connectivity index (χ1) is 12.5. The fourth-order valence-electron chi connectivity index (χ4n) is 2.92. The average Bonchev–Trinajstić information content (AvgIpc) is 3.02. The molecule has 5 nitrogen and oxygen atoms in total. The first-order valence-electron chi connectivity index (χ1n) is 8.39. The number of hydrogen-bond acceptors (Lipinski definition) is 4. The molecule has 2 aromatic rings. The Balaban J connectivity index is 1.57. The Labute approximate surface area is 155 Å². The summed E-state index contributed by atoms with van der Waals surface area (Å²) in [7, 11) is 1.71. The van der Waals surface area contributed by atoms with Gasteiger partial charge in [-0.15, -0.1) is 11.8 Å². The van der Waals surface area contributed by atoms with Gasteiger partial charge in [0.05, 0.1) is 11.5 Å². The molecule has 0 saturated carbocycles. The highest BCUT2D eigenvalue weighted by atomic mass is 32.2. The third-order valence-electron chi connectivity index (χ3n) is 4.48. The molecule has 0 bridgehead atoms. The summed E-state index contributed by atoms with van der Waals surface area (Å²) in [4.78, 5) is 26.6. The van der Waals surface area contributed by atoms with E-state index < -0.39 is 11.3 Å². The maximum absolute atomic E-state index is 13.8. The molecular weight excluding hydrogens is 355 g/mol. The highest BCUT2D eigenvalue weighted by molar-refractivity contribution is 8.00. The Morgan fingerprint density at radius 2 is 2.12 bits per heavy atom. The lowest BCUT2D eigenvalue weighted by Gasteiger charge is -2.30. The molecule has 7 heteroatoms. The Hall–Kier alpha value is -2.28. The fourth-order valence-corrected chi connectivity index (χ4v) is 4.08. The SMILES string of the molecule is Cc1occc1CN(C)C(=O)[C@H]1CS[C@@H](Cc2ccccc2F)C(=O)N1. The van der Waals surface area contributed by atoms with E-state index >= 15 is 0 Å². The van der Waals surface area contributed by atoms with E-state index in [1.165, 1.54) is 17.8 Å². The summed E-state index contributed by atoms with van der Waals surface area (Å²) in [5.74, 6) is 0.566. The second-order valence-electron chi connectivity index (χ2n) is 6.38. The average molecular weight is 376 g/mol. The van der Waals surface area contributed by atoms with Crippen molar-refractivity contribution in [3.05, 3.63) is 59.3 Å². The molecular formula is C19H21FN2O3S. The number of carbonyl (C=O) groups excluding carboxylic acids is 2. The zero-order valence-corrected chi connectivity index (χ0v) is 15.5. The third kappa shape index (κ3) is 4.09. The van der Waals surface area contributed by atoms with E-state index in [2.05, 4.69) is 5.32 Å². The van der Waals surface area contributed by atoms with Gasteiger partial charge in [-0.05, 0) is 31.0 Å². The van der Waals surface area contributed by atoms with E-state index in [1.807, 2.05) is 13.0 Å². The number of likely N-dealkylation sites (N-methyl/N-ethyl adjacent to an activating group) is 1. The number of hydrogen-bond donors (Lipinski definition) is 1. The van der Waals surface area contributed by atoms with Gasteiger partial charge >= 0.3 is 0 Å². The predicted octanol–water partition coefficient (Wildman–Crippen LogP) is 2.53. The molecule has 1 aliphatic rings. The Morgan fingerprint density at radius 1 is 1.35 bits per heavy atom. The van der Waals surface area contributed by atoms with Crippen LogP contribution in [0.1, 0.15) is 16.9 Å². The van der Waals surface area contributed by atoms with Crippen LogP contribution in [0, 0.1) is 12.7 Å². The second kappa shape index (κ2) is 7.95. The molecule has 138 valence electrons. The molecule has 26 heavy (non-hydrogen) atoms. The molecule has 1 aromatic heterocycles. The van der Waals surface area contributed by atoms with Crippen molar-refractivity contribution >= 4 is 23.6 Å². The molecule has 0 aliphatic carbocycles. The van der Waals surface area contributed by atoms with Crippen molar-refractivity contribution in [2.75, 3.05) is 12.8 Å². The van der Waals surface area contributed by atoms with Gasteiger partial charge in [-0.2, -0.15) is 0 Å². The third-order valence-corrected chi connectivity index (χ3v) is 5.79. The van der Waals surface area contributed by atoms with Crippen molar-refractivity contribution in [1.82, 2.24) is 10.2 Å². The number of rotatable bonds is 5. The summed E-state index contributed by atoms with van der Waals surface area (Å²) in [6, 6.07) is 7.71. The van der Waals surface area contributed by atoms with Crippen molar-refractivity contribution in [2.24, 2.45) is 0 Å². The van der Waals surface area contributed by atoms with Crippen molar-refractivity contribution in [3.8, 4) is 0 Å². The zero-order valence-electron chi connectivity index (χ0n) is 14.7. The molecule has 2 amide bonds. The van der Waals surface area contributed by atoms with Crippen molar-refractivity contribution in [1.29, 1.82) is 0 Å². The molecule has 2 heterocycles. The lowest BCUT2D eigenvalue weighted by Crippen LogP contribution is -2.54. The summed E-state index contributed by atoms with van der Waals surface area (Å²) in [5, 5.41) is 2.39. The molecule has 0 radical (unpaired) electrons. The minimum atomic E-state index is -0.568. The van der Waals surface area contributed by atoms with Gasteiger partial charge in [-0.25, -0.2) is 4.39 Å². The highest BCUT2D eigenvalue weighted by Gasteiger charge is 2.34. The van der Waals surface area contributed by atoms with Crippen LogP contribution in [0.3, 0.4) is 0 Å². The van der Waals surface area contributed by atoms with Gasteiger partial charge in [0.15, 0.2) is 0 Å². The molecule has 1 aromatic carbocycles. The smallest absolute Gasteiger partial charge is 0.246 e. The van der Waals surface area contributed by atoms with Crippen LogP contribution in [0.5, 0.6) is 0 Å². The Kier molecular flexibility index (Phi) is 5.66. The van der Waals surface area contributed by atoms with E-state index in [9.17, 15) is 14.0 Å². The fraction of sp³-hybridized carbons (Fsp3) is 0.368. The largest absolute Gasteiger partial charge is 0.469 e. The molecule has 0 unspecified atom stereocenters. The van der Waals surface area contributed by atoms with Crippen LogP contribution >= 0.6 is 11.8 Å². The van der Waals surface area contributed by atoms with Crippen LogP contribution in [0.4, 0.5) is 4.39 Å². The van der Waals surface area contributed by atoms with Crippen LogP contribution < -0.4 is 5.32 Å². The number of carbonyl (C=O) groups is 2. The van der Waals surface area contributed by atoms with Crippen LogP contribution in [0.2, 0.25) is 0 Å². The summed E-state index contributed by atoms with van der Waals surface area (Å²) in [6.07, 6.45) is 1.91. The molecule has 1 saturated heterocycles. The topological polar surface area (TPSA) is 62.6 Å². The van der Waals surface area contributed by atoms with Gasteiger partial charge in [0.1, 0.15) is 17.6 Å². The minimum Gasteiger partial charge on any atom is -0.469 e. The minimum absolute atomic E-state index is 0.143. The van der Waals surface area contributed by atoms with Crippen LogP contribution in [-0.2, 0) is 22.6 Å². The summed E-state index contributed by atoms with van der Waals surface area (Å²) >= 11 is 1.40. The van der Waals surface area contributed by atoms with Gasteiger partial charge in [0, 0.05) is 24.9 Å². The van der Waals surface area contributed by atoms with Gasteiger partial charge in [0.25, 0.3) is 0 Å². The monoisotopic (exact) mass is 376 g/mol. The van der Waals surface area contributed by atoms with Gasteiger partial charge in [-0.3, -0.25) is 9.59 Å². The van der Waals surface area contributed by atoms with E-state index in [1.54, 1.807) is 36.4 Å². The molecule has 0 spiro atoms. The van der Waals surface area contributed by atoms with Crippen molar-refractivity contribution in [2.45, 2.75) is 31.2 Å². The van der Waals surface area contributed by atoms with Crippen LogP contribution in [0.25, 0.3) is 0 Å². The summed E-state index contributed by atoms with van der Waals surface area (Å²) in [6.45, 7) is 2.27. The quantitative estimate of drug-likeness (QED) is 0.871. The highest BCUT2D eigenvalue weighted by Crippen LogP contribution is 2.24. The molecule has 3 rings (SSSR count). The summed E-state index contributed by atoms with van der Waals surface area (Å²) < 4.78 is 19.0. The number of thioether (sulfide) groups is 1. The van der Waals surface area contributed by atoms with Crippen LogP contribution in [0.15, 0.2) is 41.0 Å². The second-order valence-corrected chi connectivity index (χ2v) is 7.61. The number of aryl methyl sites for hydroxylation is 1. The molecule has 1 fully saturated rings. The van der Waals surface area contributed by atoms with Gasteiger partial charge < -0.3 is 14.6 Å². The predicted molar refractivity (Wildman–Crippen MR) is 98.2 cm³/mol. The standard InChI is InChI=1S/C19H21FN2O3S/c1-12-14(7-8-25-12)10-22(2)19(24)16-11-26-17(18(23)21-16)9-13-5-3-4-6-15(13)20/h3-8,16-17H,9-11H2,1-2H3,(H,21,23)/t16-,17+/m1/s1. The number of benzene rings is 1. The number of nitrogens with one attached hydrogen (secondary N) is 1. The molecule has 1 aliphatic heterocycles. The van der Waals surface area contributed by atoms with Crippen molar-refractivity contribution < 1.29 is 18.4 Å². The lowest BCUT2D eigenvalue weighted by atomic mass is 10.1. The first-order valence-corrected chi connectivity index (χ1v) is 9.44. The Morgan fingerprint density at radius 3 is 2.77 bits per heavy atom. The maximum Gasteiger partial charge on any atom is 0.246 e. The number of amides is 2. The van der Waals surface area contributed by atoms with Crippen molar-refractivity contribution in [3.63, 3.8) is 0 Å². The van der Waals surface area contributed by atoms with E-state index in [0.29, 0.717) is 24.3 Å². The maximum atomic E-state index is 13.8. The molecule has 2 atom stereocenters. The van der Waals surface area contributed by atoms with Crippen LogP contribution in [-0.4, -0.2) is 40.8 Å². The Bertz CT molecular complexity index is 808. The summed E-state index contributed by atoms with van der Waals surface area (Å²) in [5.41, 5.74) is 1.45. The number of furan rings is 1. The van der Waals surface area contributed by atoms with Gasteiger partial charge in [-0.1, -0.05) is 18.2 Å². The van der Waals surface area contributed by atoms with E-state index in [-0.39, 0.29) is 17.6 Å². The normalized spacial score (nSPS) is 19.9. The first kappa shape index (κ1) is 18.5. The number of nitrogens with zero attached hydrogens (tertiary/aromatic N) is 1. The van der Waals surface area contributed by atoms with E-state index in [4.69, 9.17) is 4.42 Å². The zero-order chi connectivity index (χ0) is 18.7. The lowest BCUT2D eigenvalue weighted by molar-refractivity contribution is -0.135. The van der Waals surface area contributed by atoms with Gasteiger partial charge in [0.2, 0.25) is 11.8 Å². The van der Waals surface area contributed by atoms with E-state index in [0.717, 1.165) is 11.3 Å².